The number of hydrogen-bond acceptors (Lipinski definition) is 4. The smallest absolute Gasteiger partial charge is 0.319 e. The fourth-order valence-electron chi connectivity index (χ4n) is 2.99. The van der Waals surface area contributed by atoms with Crippen LogP contribution in [0.1, 0.15) is 23.9 Å². The number of urea groups is 1. The molecule has 0 spiro atoms. The molecule has 3 N–H and O–H groups in total. The standard InChI is InChI=1S/C20H24N4O3/c1-4-21-20(26)23-17-8-6-14(11-18(17)25)5-7-16-13(2)24-10-9-15(27-3)12-19(24)22-16/h6,8-12,25H,4-5,7H2,1-3H3,(H2,21,23,26). The van der Waals surface area contributed by atoms with Gasteiger partial charge in [0, 0.05) is 24.5 Å². The van der Waals surface area contributed by atoms with Gasteiger partial charge in [-0.1, -0.05) is 6.07 Å². The predicted molar refractivity (Wildman–Crippen MR) is 105 cm³/mol. The number of phenols is 1. The van der Waals surface area contributed by atoms with Crippen LogP contribution < -0.4 is 15.4 Å². The highest BCUT2D eigenvalue weighted by Crippen LogP contribution is 2.25. The zero-order valence-corrected chi connectivity index (χ0v) is 15.7. The van der Waals surface area contributed by atoms with E-state index in [0.29, 0.717) is 12.2 Å². The Labute approximate surface area is 158 Å². The van der Waals surface area contributed by atoms with Crippen LogP contribution in [0.5, 0.6) is 11.5 Å². The Kier molecular flexibility index (Phi) is 5.49. The SMILES string of the molecule is CCNC(=O)Nc1ccc(CCc2nc3cc(OC)ccn3c2C)cc1O. The number of pyridine rings is 1. The molecule has 2 heterocycles. The Bertz CT molecular complexity index is 965. The first-order valence-electron chi connectivity index (χ1n) is 8.90. The van der Waals surface area contributed by atoms with E-state index in [1.807, 2.05) is 42.6 Å². The summed E-state index contributed by atoms with van der Waals surface area (Å²) in [5.41, 5.74) is 4.31. The van der Waals surface area contributed by atoms with Crippen LogP contribution in [0.4, 0.5) is 10.5 Å². The lowest BCUT2D eigenvalue weighted by molar-refractivity contribution is 0.252. The number of amides is 2. The molecule has 0 bridgehead atoms. The number of aryl methyl sites for hydroxylation is 3. The van der Waals surface area contributed by atoms with Crippen LogP contribution in [-0.4, -0.2) is 34.2 Å². The normalized spacial score (nSPS) is 10.8. The monoisotopic (exact) mass is 368 g/mol. The molecule has 0 aliphatic carbocycles. The zero-order chi connectivity index (χ0) is 19.4. The molecule has 3 rings (SSSR count). The topological polar surface area (TPSA) is 87.9 Å². The predicted octanol–water partition coefficient (Wildman–Crippen LogP) is 3.28. The van der Waals surface area contributed by atoms with Gasteiger partial charge < -0.3 is 24.9 Å². The summed E-state index contributed by atoms with van der Waals surface area (Å²) in [5.74, 6) is 0.828. The molecule has 0 fully saturated rings. The van der Waals surface area contributed by atoms with Crippen LogP contribution in [0.25, 0.3) is 5.65 Å². The third-order valence-corrected chi connectivity index (χ3v) is 4.47. The lowest BCUT2D eigenvalue weighted by atomic mass is 10.1. The summed E-state index contributed by atoms with van der Waals surface area (Å²) in [6.45, 7) is 4.40. The van der Waals surface area contributed by atoms with Gasteiger partial charge in [0.05, 0.1) is 18.5 Å². The molecule has 0 radical (unpaired) electrons. The van der Waals surface area contributed by atoms with Gasteiger partial charge in [-0.2, -0.15) is 0 Å². The fourth-order valence-corrected chi connectivity index (χ4v) is 2.99. The zero-order valence-electron chi connectivity index (χ0n) is 15.7. The van der Waals surface area contributed by atoms with E-state index in [9.17, 15) is 9.90 Å². The van der Waals surface area contributed by atoms with E-state index < -0.39 is 0 Å². The number of nitrogens with one attached hydrogen (secondary N) is 2. The van der Waals surface area contributed by atoms with Gasteiger partial charge in [-0.3, -0.25) is 0 Å². The summed E-state index contributed by atoms with van der Waals surface area (Å²) in [5, 5.41) is 15.4. The number of methoxy groups -OCH3 is 1. The number of imidazole rings is 1. The third kappa shape index (κ3) is 4.13. The molecule has 0 aliphatic heterocycles. The van der Waals surface area contributed by atoms with Crippen molar-refractivity contribution < 1.29 is 14.6 Å². The second-order valence-corrected chi connectivity index (χ2v) is 6.27. The average Bonchev–Trinajstić information content (AvgIpc) is 2.97. The van der Waals surface area contributed by atoms with Gasteiger partial charge in [0.15, 0.2) is 0 Å². The molecule has 1 aromatic carbocycles. The number of aromatic hydroxyl groups is 1. The van der Waals surface area contributed by atoms with Crippen molar-refractivity contribution in [2.75, 3.05) is 19.0 Å². The van der Waals surface area contributed by atoms with Crippen molar-refractivity contribution in [1.82, 2.24) is 14.7 Å². The van der Waals surface area contributed by atoms with Crippen molar-refractivity contribution in [2.45, 2.75) is 26.7 Å². The van der Waals surface area contributed by atoms with E-state index in [-0.39, 0.29) is 11.8 Å². The molecule has 0 unspecified atom stereocenters. The number of phenolic OH excluding ortho intramolecular Hbond substituents is 1. The number of nitrogens with zero attached hydrogens (tertiary/aromatic N) is 2. The molecule has 0 aliphatic rings. The molecule has 3 aromatic rings. The molecular formula is C20H24N4O3. The number of ether oxygens (including phenoxy) is 1. The molecule has 2 aromatic heterocycles. The van der Waals surface area contributed by atoms with Gasteiger partial charge in [0.1, 0.15) is 17.1 Å². The summed E-state index contributed by atoms with van der Waals surface area (Å²) in [4.78, 5) is 16.3. The highest BCUT2D eigenvalue weighted by atomic mass is 16.5. The second kappa shape index (κ2) is 7.99. The number of carbonyl (C=O) groups excluding carboxylic acids is 1. The Balaban J connectivity index is 1.71. The first kappa shape index (κ1) is 18.6. The highest BCUT2D eigenvalue weighted by Gasteiger charge is 2.11. The van der Waals surface area contributed by atoms with Crippen molar-refractivity contribution >= 4 is 17.4 Å². The van der Waals surface area contributed by atoms with Gasteiger partial charge in [0.2, 0.25) is 0 Å². The minimum Gasteiger partial charge on any atom is -0.506 e. The quantitative estimate of drug-likeness (QED) is 0.583. The molecule has 27 heavy (non-hydrogen) atoms. The molecule has 0 saturated carbocycles. The van der Waals surface area contributed by atoms with Crippen LogP contribution in [-0.2, 0) is 12.8 Å². The van der Waals surface area contributed by atoms with Crippen LogP contribution >= 0.6 is 0 Å². The molecule has 2 amide bonds. The minimum atomic E-state index is -0.337. The Hall–Kier alpha value is -3.22. The summed E-state index contributed by atoms with van der Waals surface area (Å²) >= 11 is 0. The van der Waals surface area contributed by atoms with Crippen molar-refractivity contribution in [3.05, 3.63) is 53.5 Å². The second-order valence-electron chi connectivity index (χ2n) is 6.27. The van der Waals surface area contributed by atoms with Gasteiger partial charge in [-0.05, 0) is 50.5 Å². The maximum atomic E-state index is 11.6. The summed E-state index contributed by atoms with van der Waals surface area (Å²) < 4.78 is 7.29. The first-order valence-corrected chi connectivity index (χ1v) is 8.90. The van der Waals surface area contributed by atoms with Crippen LogP contribution in [0, 0.1) is 6.92 Å². The number of benzene rings is 1. The van der Waals surface area contributed by atoms with E-state index in [2.05, 4.69) is 10.6 Å². The maximum Gasteiger partial charge on any atom is 0.319 e. The number of hydrogen-bond donors (Lipinski definition) is 3. The number of fused-ring (bicyclic) bond motifs is 1. The minimum absolute atomic E-state index is 0.0511. The summed E-state index contributed by atoms with van der Waals surface area (Å²) in [6, 6.07) is 8.76. The summed E-state index contributed by atoms with van der Waals surface area (Å²) in [7, 11) is 1.64. The van der Waals surface area contributed by atoms with Crippen molar-refractivity contribution in [3.63, 3.8) is 0 Å². The van der Waals surface area contributed by atoms with Gasteiger partial charge in [-0.25, -0.2) is 9.78 Å². The first-order chi connectivity index (χ1) is 13.0. The van der Waals surface area contributed by atoms with E-state index >= 15 is 0 Å². The maximum absolute atomic E-state index is 11.6. The van der Waals surface area contributed by atoms with Crippen molar-refractivity contribution in [3.8, 4) is 11.5 Å². The largest absolute Gasteiger partial charge is 0.506 e. The molecule has 0 saturated heterocycles. The van der Waals surface area contributed by atoms with E-state index in [4.69, 9.17) is 9.72 Å². The summed E-state index contributed by atoms with van der Waals surface area (Å²) in [6.07, 6.45) is 3.43. The van der Waals surface area contributed by atoms with Crippen molar-refractivity contribution in [1.29, 1.82) is 0 Å². The Morgan fingerprint density at radius 2 is 2.07 bits per heavy atom. The van der Waals surface area contributed by atoms with Crippen LogP contribution in [0.3, 0.4) is 0 Å². The number of anilines is 1. The number of rotatable bonds is 6. The van der Waals surface area contributed by atoms with E-state index in [0.717, 1.165) is 41.2 Å². The molecule has 142 valence electrons. The van der Waals surface area contributed by atoms with Crippen LogP contribution in [0.2, 0.25) is 0 Å². The number of carbonyl (C=O) groups is 1. The molecule has 0 atom stereocenters. The highest BCUT2D eigenvalue weighted by molar-refractivity contribution is 5.90. The fraction of sp³-hybridized carbons (Fsp3) is 0.300. The molecule has 7 nitrogen and oxygen atoms in total. The van der Waals surface area contributed by atoms with E-state index in [1.54, 1.807) is 19.2 Å². The Morgan fingerprint density at radius 1 is 1.26 bits per heavy atom. The average molecular weight is 368 g/mol. The van der Waals surface area contributed by atoms with Gasteiger partial charge >= 0.3 is 6.03 Å². The van der Waals surface area contributed by atoms with Crippen LogP contribution in [0.15, 0.2) is 36.5 Å². The van der Waals surface area contributed by atoms with Gasteiger partial charge in [-0.15, -0.1) is 0 Å². The third-order valence-electron chi connectivity index (χ3n) is 4.47. The lowest BCUT2D eigenvalue weighted by Gasteiger charge is -2.09. The van der Waals surface area contributed by atoms with Gasteiger partial charge in [0.25, 0.3) is 0 Å². The number of aromatic nitrogens is 2. The molecular weight excluding hydrogens is 344 g/mol. The van der Waals surface area contributed by atoms with E-state index in [1.165, 1.54) is 0 Å². The Morgan fingerprint density at radius 3 is 2.78 bits per heavy atom. The molecule has 7 heteroatoms. The van der Waals surface area contributed by atoms with Crippen molar-refractivity contribution in [2.24, 2.45) is 0 Å². The lowest BCUT2D eigenvalue weighted by Crippen LogP contribution is -2.28.